The molecule has 0 amide bonds. The van der Waals surface area contributed by atoms with Gasteiger partial charge in [0.2, 0.25) is 0 Å². The number of aliphatic hydroxyl groups excluding tert-OH is 1. The molecular formula is C13H18F3NO3. The number of aliphatic hydroxyl groups is 1. The van der Waals surface area contributed by atoms with Crippen molar-refractivity contribution in [1.82, 2.24) is 0 Å². The van der Waals surface area contributed by atoms with E-state index in [0.717, 1.165) is 0 Å². The lowest BCUT2D eigenvalue weighted by atomic mass is 10.2. The van der Waals surface area contributed by atoms with Crippen LogP contribution in [-0.4, -0.2) is 37.1 Å². The number of nitrogens with one attached hydrogen (secondary N) is 1. The first-order chi connectivity index (χ1) is 9.38. The summed E-state index contributed by atoms with van der Waals surface area (Å²) >= 11 is 0. The van der Waals surface area contributed by atoms with Gasteiger partial charge in [0.1, 0.15) is 0 Å². The summed E-state index contributed by atoms with van der Waals surface area (Å²) in [5.74, 6) is 0.970. The predicted octanol–water partition coefficient (Wildman–Crippen LogP) is 2.82. The van der Waals surface area contributed by atoms with Crippen LogP contribution in [0.1, 0.15) is 13.8 Å². The Morgan fingerprint density at radius 2 is 1.75 bits per heavy atom. The van der Waals surface area contributed by atoms with Crippen LogP contribution in [0.3, 0.4) is 0 Å². The van der Waals surface area contributed by atoms with Gasteiger partial charge in [-0.15, -0.1) is 0 Å². The van der Waals surface area contributed by atoms with Gasteiger partial charge in [0.15, 0.2) is 17.6 Å². The summed E-state index contributed by atoms with van der Waals surface area (Å²) in [6, 6.07) is 4.71. The Labute approximate surface area is 115 Å². The number of ether oxygens (including phenoxy) is 2. The fraction of sp³-hybridized carbons (Fsp3) is 0.538. The monoisotopic (exact) mass is 293 g/mol. The minimum atomic E-state index is -4.64. The molecule has 0 fully saturated rings. The van der Waals surface area contributed by atoms with Crippen molar-refractivity contribution in [2.75, 3.05) is 25.1 Å². The Hall–Kier alpha value is -1.63. The van der Waals surface area contributed by atoms with E-state index >= 15 is 0 Å². The predicted molar refractivity (Wildman–Crippen MR) is 69.3 cm³/mol. The zero-order chi connectivity index (χ0) is 15.2. The molecule has 0 saturated heterocycles. The average molecular weight is 293 g/mol. The van der Waals surface area contributed by atoms with Gasteiger partial charge < -0.3 is 19.9 Å². The Morgan fingerprint density at radius 3 is 2.30 bits per heavy atom. The highest BCUT2D eigenvalue weighted by Crippen LogP contribution is 2.31. The van der Waals surface area contributed by atoms with Gasteiger partial charge in [-0.2, -0.15) is 13.2 Å². The summed E-state index contributed by atoms with van der Waals surface area (Å²) < 4.78 is 47.2. The number of alkyl halides is 3. The molecule has 0 bridgehead atoms. The third kappa shape index (κ3) is 4.80. The molecule has 0 aliphatic carbocycles. The van der Waals surface area contributed by atoms with Crippen LogP contribution in [-0.2, 0) is 0 Å². The second-order valence-electron chi connectivity index (χ2n) is 3.97. The third-order valence-electron chi connectivity index (χ3n) is 2.42. The molecule has 0 radical (unpaired) electrons. The first kappa shape index (κ1) is 16.4. The molecule has 4 nitrogen and oxygen atoms in total. The van der Waals surface area contributed by atoms with Crippen LogP contribution < -0.4 is 14.8 Å². The van der Waals surface area contributed by atoms with Gasteiger partial charge in [-0.3, -0.25) is 0 Å². The molecule has 0 heterocycles. The van der Waals surface area contributed by atoms with E-state index in [1.165, 1.54) is 6.07 Å². The molecule has 114 valence electrons. The zero-order valence-electron chi connectivity index (χ0n) is 11.3. The Kier molecular flexibility index (Phi) is 5.94. The number of rotatable bonds is 7. The van der Waals surface area contributed by atoms with Crippen molar-refractivity contribution in [3.05, 3.63) is 18.2 Å². The maximum atomic E-state index is 12.2. The molecule has 7 heteroatoms. The smallest absolute Gasteiger partial charge is 0.416 e. The topological polar surface area (TPSA) is 50.7 Å². The quantitative estimate of drug-likeness (QED) is 0.811. The van der Waals surface area contributed by atoms with E-state index < -0.39 is 18.8 Å². The lowest BCUT2D eigenvalue weighted by molar-refractivity contribution is -0.198. The van der Waals surface area contributed by atoms with E-state index in [9.17, 15) is 13.2 Å². The van der Waals surface area contributed by atoms with Crippen LogP contribution in [0.15, 0.2) is 18.2 Å². The second-order valence-corrected chi connectivity index (χ2v) is 3.97. The van der Waals surface area contributed by atoms with Crippen LogP contribution in [0.25, 0.3) is 0 Å². The van der Waals surface area contributed by atoms with Gasteiger partial charge in [0, 0.05) is 18.3 Å². The summed E-state index contributed by atoms with van der Waals surface area (Å²) in [5.41, 5.74) is 0.417. The fourth-order valence-corrected chi connectivity index (χ4v) is 1.49. The first-order valence-corrected chi connectivity index (χ1v) is 6.26. The van der Waals surface area contributed by atoms with E-state index in [1.54, 1.807) is 19.1 Å². The van der Waals surface area contributed by atoms with Crippen molar-refractivity contribution in [3.8, 4) is 11.5 Å². The summed E-state index contributed by atoms with van der Waals surface area (Å²) in [4.78, 5) is 0. The number of halogens is 3. The third-order valence-corrected chi connectivity index (χ3v) is 2.42. The van der Waals surface area contributed by atoms with E-state index in [4.69, 9.17) is 14.6 Å². The minimum absolute atomic E-state index is 0.411. The molecule has 0 spiro atoms. The molecule has 1 unspecified atom stereocenters. The van der Waals surface area contributed by atoms with Crippen LogP contribution in [0.4, 0.5) is 18.9 Å². The minimum Gasteiger partial charge on any atom is -0.490 e. The van der Waals surface area contributed by atoms with Crippen molar-refractivity contribution in [2.24, 2.45) is 0 Å². The molecule has 1 atom stereocenters. The van der Waals surface area contributed by atoms with Crippen LogP contribution in [0, 0.1) is 0 Å². The van der Waals surface area contributed by atoms with Gasteiger partial charge >= 0.3 is 6.18 Å². The van der Waals surface area contributed by atoms with Gasteiger partial charge in [0.05, 0.1) is 13.2 Å². The molecule has 20 heavy (non-hydrogen) atoms. The molecule has 1 aromatic carbocycles. The van der Waals surface area contributed by atoms with Crippen molar-refractivity contribution >= 4 is 5.69 Å². The Morgan fingerprint density at radius 1 is 1.15 bits per heavy atom. The fourth-order valence-electron chi connectivity index (χ4n) is 1.49. The largest absolute Gasteiger partial charge is 0.490 e. The van der Waals surface area contributed by atoms with E-state index in [1.807, 2.05) is 6.92 Å². The Bertz CT molecular complexity index is 424. The SMILES string of the molecule is CCOc1ccc(NCC(O)C(F)(F)F)cc1OCC. The average Bonchev–Trinajstić information content (AvgIpc) is 2.38. The van der Waals surface area contributed by atoms with E-state index in [-0.39, 0.29) is 0 Å². The maximum absolute atomic E-state index is 12.2. The summed E-state index contributed by atoms with van der Waals surface area (Å²) in [5, 5.41) is 11.4. The van der Waals surface area contributed by atoms with Gasteiger partial charge in [0.25, 0.3) is 0 Å². The molecule has 0 aromatic heterocycles. The summed E-state index contributed by atoms with van der Waals surface area (Å²) in [7, 11) is 0. The summed E-state index contributed by atoms with van der Waals surface area (Å²) in [6.07, 6.45) is -7.05. The Balaban J connectivity index is 2.74. The molecule has 0 aliphatic heterocycles. The number of benzene rings is 1. The van der Waals surface area contributed by atoms with Gasteiger partial charge in [-0.05, 0) is 26.0 Å². The second kappa shape index (κ2) is 7.23. The zero-order valence-corrected chi connectivity index (χ0v) is 11.3. The van der Waals surface area contributed by atoms with Crippen molar-refractivity contribution < 1.29 is 27.8 Å². The maximum Gasteiger partial charge on any atom is 0.416 e. The first-order valence-electron chi connectivity index (χ1n) is 6.26. The normalized spacial score (nSPS) is 12.9. The molecule has 1 aromatic rings. The molecule has 1 rings (SSSR count). The lowest BCUT2D eigenvalue weighted by Crippen LogP contribution is -2.34. The van der Waals surface area contributed by atoms with Crippen molar-refractivity contribution in [3.63, 3.8) is 0 Å². The van der Waals surface area contributed by atoms with E-state index in [2.05, 4.69) is 5.32 Å². The van der Waals surface area contributed by atoms with E-state index in [0.29, 0.717) is 30.4 Å². The number of anilines is 1. The molecule has 2 N–H and O–H groups in total. The standard InChI is InChI=1S/C13H18F3NO3/c1-3-19-10-6-5-9(7-11(10)20-4-2)17-8-12(18)13(14,15)16/h5-7,12,17-18H,3-4,8H2,1-2H3. The van der Waals surface area contributed by atoms with Gasteiger partial charge in [-0.25, -0.2) is 0 Å². The highest BCUT2D eigenvalue weighted by molar-refractivity contribution is 5.54. The van der Waals surface area contributed by atoms with Crippen molar-refractivity contribution in [2.45, 2.75) is 26.1 Å². The molecule has 0 saturated carbocycles. The molecular weight excluding hydrogens is 275 g/mol. The number of hydrogen-bond acceptors (Lipinski definition) is 4. The van der Waals surface area contributed by atoms with Crippen molar-refractivity contribution in [1.29, 1.82) is 0 Å². The number of hydrogen-bond donors (Lipinski definition) is 2. The highest BCUT2D eigenvalue weighted by atomic mass is 19.4. The highest BCUT2D eigenvalue weighted by Gasteiger charge is 2.37. The van der Waals surface area contributed by atoms with Gasteiger partial charge in [-0.1, -0.05) is 0 Å². The summed E-state index contributed by atoms with van der Waals surface area (Å²) in [6.45, 7) is 3.86. The van der Waals surface area contributed by atoms with Crippen LogP contribution in [0.5, 0.6) is 11.5 Å². The van der Waals surface area contributed by atoms with Crippen LogP contribution >= 0.6 is 0 Å². The lowest BCUT2D eigenvalue weighted by Gasteiger charge is -2.17. The molecule has 0 aliphatic rings. The van der Waals surface area contributed by atoms with Crippen LogP contribution in [0.2, 0.25) is 0 Å².